The highest BCUT2D eigenvalue weighted by Gasteiger charge is 2.16. The fourth-order valence-corrected chi connectivity index (χ4v) is 3.93. The number of nitrogens with one attached hydrogen (secondary N) is 1. The number of amides is 1. The summed E-state index contributed by atoms with van der Waals surface area (Å²) in [6.45, 7) is 6.03. The molecule has 2 rings (SSSR count). The first kappa shape index (κ1) is 16.9. The van der Waals surface area contributed by atoms with E-state index < -0.39 is 0 Å². The van der Waals surface area contributed by atoms with Crippen molar-refractivity contribution in [1.82, 2.24) is 10.2 Å². The van der Waals surface area contributed by atoms with Gasteiger partial charge >= 0.3 is 0 Å². The molecule has 1 aromatic heterocycles. The van der Waals surface area contributed by atoms with Crippen molar-refractivity contribution in [3.8, 4) is 0 Å². The molecule has 6 heteroatoms. The Balaban J connectivity index is 1.72. The molecule has 0 atom stereocenters. The number of rotatable bonds is 7. The highest BCUT2D eigenvalue weighted by molar-refractivity contribution is 9.11. The van der Waals surface area contributed by atoms with Crippen LogP contribution in [0.25, 0.3) is 0 Å². The monoisotopic (exact) mass is 374 g/mol. The third-order valence-corrected chi connectivity index (χ3v) is 5.27. The van der Waals surface area contributed by atoms with Crippen molar-refractivity contribution < 1.29 is 9.53 Å². The van der Waals surface area contributed by atoms with Gasteiger partial charge in [0.25, 0.3) is 0 Å². The maximum absolute atomic E-state index is 12.3. The van der Waals surface area contributed by atoms with Crippen LogP contribution in [0.3, 0.4) is 0 Å². The fraction of sp³-hybridized carbons (Fsp3) is 0.667. The molecule has 1 aliphatic rings. The Morgan fingerprint density at radius 1 is 1.48 bits per heavy atom. The highest BCUT2D eigenvalue weighted by Crippen LogP contribution is 2.23. The molecule has 0 aliphatic carbocycles. The minimum Gasteiger partial charge on any atom is -0.378 e. The number of ether oxygens (including phenoxy) is 1. The second-order valence-corrected chi connectivity index (χ2v) is 7.73. The van der Waals surface area contributed by atoms with Crippen molar-refractivity contribution in [2.75, 3.05) is 26.2 Å². The molecule has 1 saturated heterocycles. The van der Waals surface area contributed by atoms with E-state index in [1.54, 1.807) is 11.3 Å². The minimum atomic E-state index is 0.177. The maximum atomic E-state index is 12.3. The van der Waals surface area contributed by atoms with E-state index in [9.17, 15) is 4.79 Å². The van der Waals surface area contributed by atoms with Crippen molar-refractivity contribution in [3.05, 3.63) is 20.8 Å². The average Bonchev–Trinajstić information content (AvgIpc) is 2.91. The van der Waals surface area contributed by atoms with Crippen molar-refractivity contribution in [2.45, 2.75) is 38.8 Å². The predicted molar refractivity (Wildman–Crippen MR) is 89.6 cm³/mol. The molecule has 1 fully saturated rings. The van der Waals surface area contributed by atoms with Crippen LogP contribution in [0.2, 0.25) is 0 Å². The van der Waals surface area contributed by atoms with Gasteiger partial charge in [0.1, 0.15) is 0 Å². The lowest BCUT2D eigenvalue weighted by atomic mass is 10.1. The number of carbonyl (C=O) groups is 1. The van der Waals surface area contributed by atoms with Crippen LogP contribution in [0.1, 0.15) is 31.1 Å². The summed E-state index contributed by atoms with van der Waals surface area (Å²) in [6, 6.07) is 4.09. The Labute approximate surface area is 139 Å². The van der Waals surface area contributed by atoms with Crippen LogP contribution in [-0.4, -0.2) is 43.2 Å². The summed E-state index contributed by atoms with van der Waals surface area (Å²) in [7, 11) is 0. The van der Waals surface area contributed by atoms with Gasteiger partial charge < -0.3 is 15.0 Å². The molecule has 1 amide bonds. The number of carbonyl (C=O) groups excluding carboxylic acids is 1. The van der Waals surface area contributed by atoms with Crippen LogP contribution in [-0.2, 0) is 16.1 Å². The summed E-state index contributed by atoms with van der Waals surface area (Å²) in [5.41, 5.74) is 0. The lowest BCUT2D eigenvalue weighted by molar-refractivity contribution is -0.133. The normalized spacial score (nSPS) is 16.1. The van der Waals surface area contributed by atoms with Gasteiger partial charge in [0.2, 0.25) is 5.91 Å². The van der Waals surface area contributed by atoms with E-state index in [2.05, 4.69) is 27.3 Å². The zero-order valence-electron chi connectivity index (χ0n) is 12.4. The molecular formula is C15H23BrN2O2S. The second-order valence-electron chi connectivity index (χ2n) is 5.18. The van der Waals surface area contributed by atoms with Crippen molar-refractivity contribution in [3.63, 3.8) is 0 Å². The quantitative estimate of drug-likeness (QED) is 0.797. The van der Waals surface area contributed by atoms with Gasteiger partial charge in [0, 0.05) is 11.4 Å². The lowest BCUT2D eigenvalue weighted by Gasteiger charge is -2.24. The van der Waals surface area contributed by atoms with E-state index in [0.717, 1.165) is 36.3 Å². The van der Waals surface area contributed by atoms with Crippen molar-refractivity contribution in [2.24, 2.45) is 0 Å². The SMILES string of the molecule is CCN(Cc1ccc(Br)s1)C(=O)CCOC1CCNCC1. The van der Waals surface area contributed by atoms with E-state index in [1.165, 1.54) is 4.88 Å². The summed E-state index contributed by atoms with van der Waals surface area (Å²) in [6.07, 6.45) is 2.90. The zero-order valence-corrected chi connectivity index (χ0v) is 14.8. The van der Waals surface area contributed by atoms with E-state index in [-0.39, 0.29) is 5.91 Å². The van der Waals surface area contributed by atoms with Crippen LogP contribution in [0.5, 0.6) is 0 Å². The van der Waals surface area contributed by atoms with Gasteiger partial charge in [-0.05, 0) is 60.9 Å². The third kappa shape index (κ3) is 5.70. The minimum absolute atomic E-state index is 0.177. The second kappa shape index (κ2) is 8.88. The van der Waals surface area contributed by atoms with Gasteiger partial charge in [-0.15, -0.1) is 11.3 Å². The van der Waals surface area contributed by atoms with Gasteiger partial charge in [-0.25, -0.2) is 0 Å². The Bertz CT molecular complexity index is 447. The molecule has 4 nitrogen and oxygen atoms in total. The van der Waals surface area contributed by atoms with E-state index in [1.807, 2.05) is 17.9 Å². The molecule has 0 spiro atoms. The first-order valence-corrected chi connectivity index (χ1v) is 9.14. The molecule has 21 heavy (non-hydrogen) atoms. The molecular weight excluding hydrogens is 352 g/mol. The van der Waals surface area contributed by atoms with Crippen LogP contribution in [0.15, 0.2) is 15.9 Å². The summed E-state index contributed by atoms with van der Waals surface area (Å²) < 4.78 is 6.92. The number of thiophene rings is 1. The van der Waals surface area contributed by atoms with Crippen LogP contribution >= 0.6 is 27.3 Å². The summed E-state index contributed by atoms with van der Waals surface area (Å²) in [5, 5.41) is 3.31. The largest absolute Gasteiger partial charge is 0.378 e. The van der Waals surface area contributed by atoms with Crippen molar-refractivity contribution >= 4 is 33.2 Å². The molecule has 0 aromatic carbocycles. The maximum Gasteiger partial charge on any atom is 0.225 e. The predicted octanol–water partition coefficient (Wildman–Crippen LogP) is 3.02. The topological polar surface area (TPSA) is 41.6 Å². The summed E-state index contributed by atoms with van der Waals surface area (Å²) >= 11 is 5.14. The molecule has 118 valence electrons. The molecule has 0 bridgehead atoms. The van der Waals surface area contributed by atoms with Crippen LogP contribution < -0.4 is 5.32 Å². The molecule has 1 aliphatic heterocycles. The molecule has 1 N–H and O–H groups in total. The average molecular weight is 375 g/mol. The van der Waals surface area contributed by atoms with Gasteiger partial charge in [-0.2, -0.15) is 0 Å². The number of halogens is 1. The fourth-order valence-electron chi connectivity index (χ4n) is 2.43. The Morgan fingerprint density at radius 3 is 2.86 bits per heavy atom. The lowest BCUT2D eigenvalue weighted by Crippen LogP contribution is -2.34. The summed E-state index contributed by atoms with van der Waals surface area (Å²) in [4.78, 5) is 15.4. The van der Waals surface area contributed by atoms with Gasteiger partial charge in [0.15, 0.2) is 0 Å². The van der Waals surface area contributed by atoms with Gasteiger partial charge in [0.05, 0.1) is 29.5 Å². The van der Waals surface area contributed by atoms with Gasteiger partial charge in [-0.3, -0.25) is 4.79 Å². The van der Waals surface area contributed by atoms with Crippen molar-refractivity contribution in [1.29, 1.82) is 0 Å². The third-order valence-electron chi connectivity index (χ3n) is 3.67. The highest BCUT2D eigenvalue weighted by atomic mass is 79.9. The number of hydrogen-bond acceptors (Lipinski definition) is 4. The van der Waals surface area contributed by atoms with E-state index >= 15 is 0 Å². The molecule has 1 aromatic rings. The molecule has 0 unspecified atom stereocenters. The first-order valence-electron chi connectivity index (χ1n) is 7.53. The molecule has 0 saturated carbocycles. The Kier molecular flexibility index (Phi) is 7.16. The van der Waals surface area contributed by atoms with Crippen LogP contribution in [0.4, 0.5) is 0 Å². The van der Waals surface area contributed by atoms with E-state index in [0.29, 0.717) is 25.7 Å². The number of nitrogens with zero attached hydrogens (tertiary/aromatic N) is 1. The Morgan fingerprint density at radius 2 is 2.24 bits per heavy atom. The van der Waals surface area contributed by atoms with Crippen LogP contribution in [0, 0.1) is 0 Å². The van der Waals surface area contributed by atoms with Gasteiger partial charge in [-0.1, -0.05) is 0 Å². The van der Waals surface area contributed by atoms with E-state index in [4.69, 9.17) is 4.74 Å². The standard InChI is InChI=1S/C15H23BrN2O2S/c1-2-18(11-13-3-4-14(16)21-13)15(19)7-10-20-12-5-8-17-9-6-12/h3-4,12,17H,2,5-11H2,1H3. The smallest absolute Gasteiger partial charge is 0.225 e. The zero-order chi connectivity index (χ0) is 15.1. The number of hydrogen-bond donors (Lipinski definition) is 1. The number of piperidine rings is 1. The summed E-state index contributed by atoms with van der Waals surface area (Å²) in [5.74, 6) is 0.177. The molecule has 0 radical (unpaired) electrons. The molecule has 2 heterocycles. The Hall–Kier alpha value is -0.430. The first-order chi connectivity index (χ1) is 10.2.